The summed E-state index contributed by atoms with van der Waals surface area (Å²) in [6.45, 7) is 0.215. The van der Waals surface area contributed by atoms with E-state index < -0.39 is 0 Å². The number of pyridine rings is 1. The summed E-state index contributed by atoms with van der Waals surface area (Å²) in [7, 11) is 1.63. The van der Waals surface area contributed by atoms with E-state index in [9.17, 15) is 5.26 Å². The fraction of sp³-hybridized carbons (Fsp3) is 0.103. The quantitative estimate of drug-likeness (QED) is 0.162. The molecule has 1 N–H and O–H groups in total. The molecule has 0 saturated heterocycles. The van der Waals surface area contributed by atoms with Crippen LogP contribution in [0.5, 0.6) is 23.1 Å². The average Bonchev–Trinajstić information content (AvgIpc) is 2.92. The van der Waals surface area contributed by atoms with Crippen LogP contribution in [0.15, 0.2) is 78.9 Å². The van der Waals surface area contributed by atoms with Gasteiger partial charge in [-0.15, -0.1) is 11.6 Å². The van der Waals surface area contributed by atoms with Crippen molar-refractivity contribution < 1.29 is 14.2 Å². The number of fused-ring (bicyclic) bond motifs is 2. The molecule has 0 spiro atoms. The van der Waals surface area contributed by atoms with E-state index in [1.54, 1.807) is 19.2 Å². The van der Waals surface area contributed by atoms with E-state index in [2.05, 4.69) is 16.4 Å². The van der Waals surface area contributed by atoms with Gasteiger partial charge in [0.05, 0.1) is 29.2 Å². The second-order valence-electron chi connectivity index (χ2n) is 8.08. The number of methoxy groups -OCH3 is 1. The van der Waals surface area contributed by atoms with E-state index in [4.69, 9.17) is 37.4 Å². The monoisotopic (exact) mass is 529 g/mol. The number of hydrogen-bond acceptors (Lipinski definition) is 6. The fourth-order valence-electron chi connectivity index (χ4n) is 3.98. The van der Waals surface area contributed by atoms with E-state index >= 15 is 0 Å². The van der Waals surface area contributed by atoms with Crippen LogP contribution in [0, 0.1) is 11.3 Å². The van der Waals surface area contributed by atoms with Gasteiger partial charge in [0.1, 0.15) is 35.5 Å². The molecule has 0 aliphatic carbocycles. The molecule has 0 atom stereocenters. The lowest BCUT2D eigenvalue weighted by Gasteiger charge is -2.16. The smallest absolute Gasteiger partial charge is 0.234 e. The van der Waals surface area contributed by atoms with Crippen LogP contribution in [0.2, 0.25) is 5.02 Å². The highest BCUT2D eigenvalue weighted by atomic mass is 35.5. The van der Waals surface area contributed by atoms with E-state index in [0.29, 0.717) is 33.4 Å². The summed E-state index contributed by atoms with van der Waals surface area (Å²) in [5.74, 6) is 2.41. The molecule has 0 aliphatic rings. The summed E-state index contributed by atoms with van der Waals surface area (Å²) in [6.07, 6.45) is 0. The third-order valence-electron chi connectivity index (χ3n) is 5.72. The van der Waals surface area contributed by atoms with Gasteiger partial charge < -0.3 is 19.5 Å². The number of alkyl halides is 1. The summed E-state index contributed by atoms with van der Waals surface area (Å²) in [5, 5.41) is 16.5. The van der Waals surface area contributed by atoms with Gasteiger partial charge in [-0.2, -0.15) is 5.26 Å². The van der Waals surface area contributed by atoms with Crippen LogP contribution < -0.4 is 19.5 Å². The van der Waals surface area contributed by atoms with Crippen LogP contribution in [-0.2, 0) is 0 Å². The second kappa shape index (κ2) is 10.8. The number of halogens is 2. The van der Waals surface area contributed by atoms with Gasteiger partial charge in [0, 0.05) is 11.1 Å². The summed E-state index contributed by atoms with van der Waals surface area (Å²) >= 11 is 12.4. The van der Waals surface area contributed by atoms with Crippen molar-refractivity contribution >= 4 is 56.3 Å². The zero-order chi connectivity index (χ0) is 25.8. The van der Waals surface area contributed by atoms with Crippen LogP contribution in [0.25, 0.3) is 21.7 Å². The molecule has 1 aromatic heterocycles. The van der Waals surface area contributed by atoms with Crippen LogP contribution in [0.1, 0.15) is 5.56 Å². The Balaban J connectivity index is 1.60. The molecular formula is C29H21Cl2N3O3. The summed E-state index contributed by atoms with van der Waals surface area (Å²) in [4.78, 5) is 4.64. The van der Waals surface area contributed by atoms with Crippen LogP contribution in [0.4, 0.5) is 11.4 Å². The second-order valence-corrected chi connectivity index (χ2v) is 8.87. The van der Waals surface area contributed by atoms with Gasteiger partial charge in [0.25, 0.3) is 0 Å². The van der Waals surface area contributed by atoms with Gasteiger partial charge in [0.2, 0.25) is 5.88 Å². The highest BCUT2D eigenvalue weighted by Gasteiger charge is 2.18. The van der Waals surface area contributed by atoms with Crippen LogP contribution in [0.3, 0.4) is 0 Å². The molecule has 0 saturated carbocycles. The molecule has 5 rings (SSSR count). The normalized spacial score (nSPS) is 10.8. The summed E-state index contributed by atoms with van der Waals surface area (Å²) < 4.78 is 17.0. The third kappa shape index (κ3) is 5.19. The first-order valence-corrected chi connectivity index (χ1v) is 12.3. The Bertz CT molecular complexity index is 1640. The fourth-order valence-corrected chi connectivity index (χ4v) is 4.28. The number of nitrogens with zero attached hydrogens (tertiary/aromatic N) is 2. The molecule has 5 aromatic rings. The number of anilines is 2. The number of rotatable bonds is 8. The zero-order valence-electron chi connectivity index (χ0n) is 19.8. The Labute approximate surface area is 223 Å². The predicted octanol–water partition coefficient (Wildman–Crippen LogP) is 8.08. The molecule has 0 radical (unpaired) electrons. The minimum Gasteiger partial charge on any atom is -0.497 e. The molecule has 37 heavy (non-hydrogen) atoms. The number of benzene rings is 4. The van der Waals surface area contributed by atoms with Gasteiger partial charge in [-0.25, -0.2) is 4.98 Å². The Morgan fingerprint density at radius 2 is 1.78 bits per heavy atom. The van der Waals surface area contributed by atoms with Crippen molar-refractivity contribution in [1.82, 2.24) is 4.98 Å². The van der Waals surface area contributed by atoms with E-state index in [1.165, 1.54) is 0 Å². The van der Waals surface area contributed by atoms with Crippen molar-refractivity contribution in [2.24, 2.45) is 0 Å². The SMILES string of the molecule is COc1ccc2cc3c(Nc4ccc(Oc5ccccc5)c(Cl)c4)c(C#N)c(OCCCl)nc3cc2c1. The number of ether oxygens (including phenoxy) is 3. The van der Waals surface area contributed by atoms with Crippen molar-refractivity contribution in [3.8, 4) is 29.2 Å². The van der Waals surface area contributed by atoms with Gasteiger partial charge in [-0.05, 0) is 65.4 Å². The van der Waals surface area contributed by atoms with Gasteiger partial charge in [0.15, 0.2) is 0 Å². The minimum absolute atomic E-state index is 0.204. The lowest BCUT2D eigenvalue weighted by atomic mass is 10.0. The molecule has 8 heteroatoms. The largest absolute Gasteiger partial charge is 0.497 e. The molecule has 0 bridgehead atoms. The first kappa shape index (κ1) is 24.5. The van der Waals surface area contributed by atoms with Gasteiger partial charge in [-0.1, -0.05) is 35.9 Å². The van der Waals surface area contributed by atoms with E-state index in [-0.39, 0.29) is 23.9 Å². The van der Waals surface area contributed by atoms with Gasteiger partial charge >= 0.3 is 0 Å². The molecule has 0 unspecified atom stereocenters. The molecule has 1 heterocycles. The Kier molecular flexibility index (Phi) is 7.18. The average molecular weight is 530 g/mol. The van der Waals surface area contributed by atoms with Crippen molar-refractivity contribution in [1.29, 1.82) is 5.26 Å². The Morgan fingerprint density at radius 3 is 2.51 bits per heavy atom. The summed E-state index contributed by atoms with van der Waals surface area (Å²) in [5.41, 5.74) is 2.16. The predicted molar refractivity (Wildman–Crippen MR) is 148 cm³/mol. The van der Waals surface area contributed by atoms with Crippen molar-refractivity contribution in [3.63, 3.8) is 0 Å². The number of nitrogens with one attached hydrogen (secondary N) is 1. The maximum atomic E-state index is 10.1. The maximum absolute atomic E-state index is 10.1. The van der Waals surface area contributed by atoms with Crippen molar-refractivity contribution in [2.45, 2.75) is 0 Å². The molecule has 184 valence electrons. The Morgan fingerprint density at radius 1 is 0.946 bits per heavy atom. The minimum atomic E-state index is 0.204. The molecule has 0 aliphatic heterocycles. The number of hydrogen-bond donors (Lipinski definition) is 1. The number of nitriles is 1. The van der Waals surface area contributed by atoms with Crippen LogP contribution in [-0.4, -0.2) is 24.6 Å². The topological polar surface area (TPSA) is 76.4 Å². The van der Waals surface area contributed by atoms with Gasteiger partial charge in [-0.3, -0.25) is 0 Å². The molecular weight excluding hydrogens is 509 g/mol. The standard InChI is InChI=1S/C29H21Cl2N3O3/c1-35-22-9-7-18-14-23-26(15-19(18)13-22)34-29(36-12-11-30)24(17-32)28(23)33-20-8-10-27(25(31)16-20)37-21-5-3-2-4-6-21/h2-10,13-16H,11-12H2,1H3,(H,33,34). The van der Waals surface area contributed by atoms with E-state index in [1.807, 2.05) is 66.7 Å². The van der Waals surface area contributed by atoms with E-state index in [0.717, 1.165) is 21.9 Å². The first-order chi connectivity index (χ1) is 18.1. The molecule has 6 nitrogen and oxygen atoms in total. The first-order valence-electron chi connectivity index (χ1n) is 11.4. The molecule has 0 amide bonds. The maximum Gasteiger partial charge on any atom is 0.234 e. The third-order valence-corrected chi connectivity index (χ3v) is 6.17. The zero-order valence-corrected chi connectivity index (χ0v) is 21.3. The number of aromatic nitrogens is 1. The highest BCUT2D eigenvalue weighted by Crippen LogP contribution is 2.39. The van der Waals surface area contributed by atoms with Crippen molar-refractivity contribution in [2.75, 3.05) is 24.9 Å². The lowest BCUT2D eigenvalue weighted by Crippen LogP contribution is -2.05. The van der Waals surface area contributed by atoms with Crippen molar-refractivity contribution in [3.05, 3.63) is 89.4 Å². The highest BCUT2D eigenvalue weighted by molar-refractivity contribution is 6.32. The Hall–Kier alpha value is -4.18. The molecule has 4 aromatic carbocycles. The van der Waals surface area contributed by atoms with Crippen LogP contribution >= 0.6 is 23.2 Å². The number of para-hydroxylation sites is 1. The molecule has 0 fully saturated rings. The lowest BCUT2D eigenvalue weighted by molar-refractivity contribution is 0.330. The summed E-state index contributed by atoms with van der Waals surface area (Å²) in [6, 6.07) is 26.7.